The van der Waals surface area contributed by atoms with E-state index in [4.69, 9.17) is 9.57 Å². The minimum atomic E-state index is -4.80. The average molecular weight is 638 g/mol. The van der Waals surface area contributed by atoms with Crippen molar-refractivity contribution in [1.29, 1.82) is 0 Å². The summed E-state index contributed by atoms with van der Waals surface area (Å²) in [7, 11) is 2.79. The summed E-state index contributed by atoms with van der Waals surface area (Å²) >= 11 is 0. The standard InChI is InChI=1S/C28H34F3N7O5S/c1-37(2)12-13-43-36-26(39)18-10-11-21(23(15-18)42-4)34-27-32-16-20(28(29,30)31)25(35-27)33-22-14-17-8-6-7-9-19(17)24(22)38(3)44(5,40)41/h6-11,15-16,22,24H,12-14H2,1-5H3,(H,36,39)(H2,32,33,34,35)/t22-,24-/m1/s1. The number of alkyl halides is 3. The predicted octanol–water partition coefficient (Wildman–Crippen LogP) is 3.44. The quantitative estimate of drug-likeness (QED) is 0.200. The summed E-state index contributed by atoms with van der Waals surface area (Å²) in [5, 5.41) is 5.70. The van der Waals surface area contributed by atoms with Gasteiger partial charge in [-0.25, -0.2) is 18.9 Å². The summed E-state index contributed by atoms with van der Waals surface area (Å²) < 4.78 is 73.6. The maximum Gasteiger partial charge on any atom is 0.421 e. The van der Waals surface area contributed by atoms with Crippen LogP contribution in [0.1, 0.15) is 33.1 Å². The normalized spacial score (nSPS) is 16.6. The Morgan fingerprint density at radius 2 is 1.86 bits per heavy atom. The number of nitrogens with one attached hydrogen (secondary N) is 3. The summed E-state index contributed by atoms with van der Waals surface area (Å²) in [4.78, 5) is 27.5. The number of likely N-dealkylation sites (N-methyl/N-ethyl adjacent to an activating group) is 2. The fourth-order valence-corrected chi connectivity index (χ4v) is 5.43. The lowest BCUT2D eigenvalue weighted by Crippen LogP contribution is -2.39. The van der Waals surface area contributed by atoms with Gasteiger partial charge in [0.15, 0.2) is 0 Å². The highest BCUT2D eigenvalue weighted by molar-refractivity contribution is 7.88. The number of nitrogens with zero attached hydrogens (tertiary/aromatic N) is 4. The predicted molar refractivity (Wildman–Crippen MR) is 158 cm³/mol. The number of benzene rings is 2. The molecule has 1 heterocycles. The topological polar surface area (TPSA) is 138 Å². The molecule has 0 unspecified atom stereocenters. The molecule has 0 saturated heterocycles. The smallest absolute Gasteiger partial charge is 0.421 e. The largest absolute Gasteiger partial charge is 0.495 e. The van der Waals surface area contributed by atoms with Crippen molar-refractivity contribution < 1.29 is 36.0 Å². The molecule has 238 valence electrons. The number of methoxy groups -OCH3 is 1. The van der Waals surface area contributed by atoms with Crippen molar-refractivity contribution in [3.63, 3.8) is 0 Å². The number of fused-ring (bicyclic) bond motifs is 1. The Hall–Kier alpha value is -3.99. The van der Waals surface area contributed by atoms with Crippen LogP contribution in [0.5, 0.6) is 5.75 Å². The lowest BCUT2D eigenvalue weighted by atomic mass is 10.1. The molecule has 3 aromatic rings. The van der Waals surface area contributed by atoms with Gasteiger partial charge in [-0.15, -0.1) is 0 Å². The van der Waals surface area contributed by atoms with E-state index in [0.29, 0.717) is 18.3 Å². The van der Waals surface area contributed by atoms with E-state index in [9.17, 15) is 26.4 Å². The summed E-state index contributed by atoms with van der Waals surface area (Å²) in [6.45, 7) is 0.870. The number of carbonyl (C=O) groups excluding carboxylic acids is 1. The molecule has 0 saturated carbocycles. The number of carbonyl (C=O) groups is 1. The second-order valence-corrected chi connectivity index (χ2v) is 12.5. The van der Waals surface area contributed by atoms with E-state index in [-0.39, 0.29) is 36.0 Å². The van der Waals surface area contributed by atoms with Crippen LogP contribution in [0.15, 0.2) is 48.7 Å². The van der Waals surface area contributed by atoms with Crippen molar-refractivity contribution in [2.75, 3.05) is 58.3 Å². The number of halogens is 3. The van der Waals surface area contributed by atoms with Gasteiger partial charge in [-0.1, -0.05) is 24.3 Å². The van der Waals surface area contributed by atoms with Gasteiger partial charge in [0.25, 0.3) is 5.91 Å². The van der Waals surface area contributed by atoms with Crippen molar-refractivity contribution in [3.8, 4) is 5.75 Å². The molecule has 0 aliphatic heterocycles. The summed E-state index contributed by atoms with van der Waals surface area (Å²) in [5.41, 5.74) is 3.22. The van der Waals surface area contributed by atoms with Crippen molar-refractivity contribution in [2.45, 2.75) is 24.7 Å². The minimum Gasteiger partial charge on any atom is -0.495 e. The SMILES string of the molecule is COc1cc(C(=O)NOCCN(C)C)ccc1Nc1ncc(C(F)(F)F)c(N[C@@H]2Cc3ccccc3[C@H]2N(C)S(C)(=O)=O)n1. The molecule has 4 rings (SSSR count). The lowest BCUT2D eigenvalue weighted by molar-refractivity contribution is -0.137. The molecule has 16 heteroatoms. The Labute approximate surface area is 253 Å². The van der Waals surface area contributed by atoms with Crippen molar-refractivity contribution in [2.24, 2.45) is 0 Å². The van der Waals surface area contributed by atoms with Crippen LogP contribution in [0.4, 0.5) is 30.6 Å². The van der Waals surface area contributed by atoms with Gasteiger partial charge in [0.2, 0.25) is 16.0 Å². The van der Waals surface area contributed by atoms with Gasteiger partial charge in [0.05, 0.1) is 37.7 Å². The second-order valence-electron chi connectivity index (χ2n) is 10.5. The Morgan fingerprint density at radius 3 is 2.52 bits per heavy atom. The van der Waals surface area contributed by atoms with E-state index in [1.807, 2.05) is 25.1 Å². The third kappa shape index (κ3) is 7.74. The molecule has 2 atom stereocenters. The van der Waals surface area contributed by atoms with Crippen LogP contribution in [-0.4, -0.2) is 87.2 Å². The van der Waals surface area contributed by atoms with Gasteiger partial charge in [-0.3, -0.25) is 9.63 Å². The number of ether oxygens (including phenoxy) is 1. The monoisotopic (exact) mass is 637 g/mol. The molecule has 0 radical (unpaired) electrons. The number of rotatable bonds is 12. The van der Waals surface area contributed by atoms with E-state index in [2.05, 4.69) is 26.1 Å². The van der Waals surface area contributed by atoms with E-state index >= 15 is 0 Å². The number of aromatic nitrogens is 2. The van der Waals surface area contributed by atoms with Crippen LogP contribution in [0.3, 0.4) is 0 Å². The lowest BCUT2D eigenvalue weighted by Gasteiger charge is -2.30. The molecule has 0 spiro atoms. The summed E-state index contributed by atoms with van der Waals surface area (Å²) in [6, 6.07) is 9.95. The Kier molecular flexibility index (Phi) is 9.98. The molecule has 0 bridgehead atoms. The number of hydroxylamine groups is 1. The first-order valence-electron chi connectivity index (χ1n) is 13.4. The summed E-state index contributed by atoms with van der Waals surface area (Å²) in [6.07, 6.45) is -2.85. The second kappa shape index (κ2) is 13.3. The molecule has 3 N–H and O–H groups in total. The fraction of sp³-hybridized carbons (Fsp3) is 0.393. The number of anilines is 3. The van der Waals surface area contributed by atoms with Gasteiger partial charge in [-0.05, 0) is 49.8 Å². The number of hydrogen-bond acceptors (Lipinski definition) is 10. The van der Waals surface area contributed by atoms with Crippen LogP contribution in [0.2, 0.25) is 0 Å². The average Bonchev–Trinajstić information content (AvgIpc) is 3.31. The zero-order valence-corrected chi connectivity index (χ0v) is 25.6. The van der Waals surface area contributed by atoms with Gasteiger partial charge in [0, 0.05) is 25.4 Å². The van der Waals surface area contributed by atoms with Gasteiger partial charge >= 0.3 is 6.18 Å². The van der Waals surface area contributed by atoms with Gasteiger partial charge < -0.3 is 20.3 Å². The van der Waals surface area contributed by atoms with Crippen LogP contribution in [0.25, 0.3) is 0 Å². The van der Waals surface area contributed by atoms with Crippen LogP contribution in [0, 0.1) is 0 Å². The first-order valence-corrected chi connectivity index (χ1v) is 15.3. The maximum absolute atomic E-state index is 14.1. The van der Waals surface area contributed by atoms with Crippen LogP contribution < -0.4 is 20.9 Å². The molecule has 1 aromatic heterocycles. The van der Waals surface area contributed by atoms with Crippen molar-refractivity contribution in [1.82, 2.24) is 24.7 Å². The molecule has 12 nitrogen and oxygen atoms in total. The zero-order valence-electron chi connectivity index (χ0n) is 24.8. The highest BCUT2D eigenvalue weighted by Gasteiger charge is 2.41. The molecule has 0 fully saturated rings. The zero-order chi connectivity index (χ0) is 32.2. The molecular formula is C28H34F3N7O5S. The number of amides is 1. The summed E-state index contributed by atoms with van der Waals surface area (Å²) in [5.74, 6) is -1.03. The molecular weight excluding hydrogens is 603 g/mol. The first-order chi connectivity index (χ1) is 20.7. The molecule has 1 aliphatic rings. The molecule has 1 amide bonds. The number of sulfonamides is 1. The van der Waals surface area contributed by atoms with E-state index in [0.717, 1.165) is 16.1 Å². The highest BCUT2D eigenvalue weighted by Crippen LogP contribution is 2.40. The van der Waals surface area contributed by atoms with E-state index in [1.54, 1.807) is 18.2 Å². The Balaban J connectivity index is 1.60. The molecule has 1 aliphatic carbocycles. The Bertz CT molecular complexity index is 1600. The van der Waals surface area contributed by atoms with Crippen molar-refractivity contribution in [3.05, 3.63) is 70.9 Å². The van der Waals surface area contributed by atoms with Gasteiger partial charge in [0.1, 0.15) is 17.1 Å². The maximum atomic E-state index is 14.1. The minimum absolute atomic E-state index is 0.188. The van der Waals surface area contributed by atoms with Crippen molar-refractivity contribution >= 4 is 33.4 Å². The fourth-order valence-electron chi connectivity index (χ4n) is 4.75. The Morgan fingerprint density at radius 1 is 1.14 bits per heavy atom. The third-order valence-electron chi connectivity index (χ3n) is 7.04. The van der Waals surface area contributed by atoms with Crippen LogP contribution >= 0.6 is 0 Å². The first kappa shape index (κ1) is 32.9. The van der Waals surface area contributed by atoms with E-state index in [1.165, 1.54) is 32.4 Å². The molecule has 2 aromatic carbocycles. The third-order valence-corrected chi connectivity index (χ3v) is 8.31. The molecule has 44 heavy (non-hydrogen) atoms. The number of hydrogen-bond donors (Lipinski definition) is 3. The van der Waals surface area contributed by atoms with Gasteiger partial charge in [-0.2, -0.15) is 22.5 Å². The van der Waals surface area contributed by atoms with Crippen LogP contribution in [-0.2, 0) is 27.5 Å². The highest BCUT2D eigenvalue weighted by atomic mass is 32.2. The van der Waals surface area contributed by atoms with E-state index < -0.39 is 45.6 Å².